The summed E-state index contributed by atoms with van der Waals surface area (Å²) in [6.07, 6.45) is -4.40. The van der Waals surface area contributed by atoms with E-state index in [1.807, 2.05) is 0 Å². The van der Waals surface area contributed by atoms with E-state index in [4.69, 9.17) is 0 Å². The number of hydrogen-bond donors (Lipinski definition) is 1. The minimum atomic E-state index is -4.40. The van der Waals surface area contributed by atoms with E-state index in [2.05, 4.69) is 5.32 Å². The molecule has 0 heterocycles. The van der Waals surface area contributed by atoms with Gasteiger partial charge >= 0.3 is 6.18 Å². The molecule has 0 aliphatic heterocycles. The van der Waals surface area contributed by atoms with E-state index in [1.54, 1.807) is 13.8 Å². The molecule has 0 radical (unpaired) electrons. The van der Waals surface area contributed by atoms with Gasteiger partial charge < -0.3 is 5.32 Å². The second kappa shape index (κ2) is 5.81. The Bertz CT molecular complexity index is 524. The van der Waals surface area contributed by atoms with Crippen molar-refractivity contribution in [2.45, 2.75) is 25.3 Å². The van der Waals surface area contributed by atoms with Crippen molar-refractivity contribution in [1.82, 2.24) is 0 Å². The highest BCUT2D eigenvalue weighted by molar-refractivity contribution is 7.92. The fourth-order valence-corrected chi connectivity index (χ4v) is 2.24. The maximum absolute atomic E-state index is 12.5. The number of rotatable bonds is 5. The van der Waals surface area contributed by atoms with Crippen molar-refractivity contribution in [2.24, 2.45) is 0 Å². The number of benzene rings is 1. The van der Waals surface area contributed by atoms with Gasteiger partial charge in [-0.2, -0.15) is 13.2 Å². The number of hydrogen-bond acceptors (Lipinski definition) is 3. The molecule has 19 heavy (non-hydrogen) atoms. The molecule has 1 aromatic rings. The Hall–Kier alpha value is -1.24. The van der Waals surface area contributed by atoms with E-state index in [-0.39, 0.29) is 18.0 Å². The molecule has 0 bridgehead atoms. The normalized spacial score (nSPS) is 12.7. The van der Waals surface area contributed by atoms with E-state index in [0.29, 0.717) is 0 Å². The van der Waals surface area contributed by atoms with Crippen molar-refractivity contribution < 1.29 is 21.6 Å². The Morgan fingerprint density at radius 3 is 2.42 bits per heavy atom. The largest absolute Gasteiger partial charge is 0.416 e. The van der Waals surface area contributed by atoms with Gasteiger partial charge in [-0.25, -0.2) is 8.42 Å². The van der Waals surface area contributed by atoms with E-state index in [1.165, 1.54) is 12.1 Å². The molecule has 0 aromatic heterocycles. The van der Waals surface area contributed by atoms with E-state index >= 15 is 0 Å². The molecule has 0 atom stereocenters. The first-order valence-electron chi connectivity index (χ1n) is 5.75. The first-order chi connectivity index (χ1) is 8.63. The summed E-state index contributed by atoms with van der Waals surface area (Å²) in [5.41, 5.74) is -0.502. The van der Waals surface area contributed by atoms with Crippen molar-refractivity contribution in [1.29, 1.82) is 0 Å². The molecule has 0 aliphatic carbocycles. The lowest BCUT2D eigenvalue weighted by molar-refractivity contribution is -0.137. The zero-order valence-corrected chi connectivity index (χ0v) is 11.5. The molecule has 0 spiro atoms. The van der Waals surface area contributed by atoms with Crippen molar-refractivity contribution in [3.8, 4) is 0 Å². The van der Waals surface area contributed by atoms with Crippen LogP contribution in [-0.4, -0.2) is 26.0 Å². The van der Waals surface area contributed by atoms with Crippen molar-refractivity contribution in [3.05, 3.63) is 29.8 Å². The molecule has 0 unspecified atom stereocenters. The summed E-state index contributed by atoms with van der Waals surface area (Å²) in [5, 5.41) is 2.20. The van der Waals surface area contributed by atoms with Gasteiger partial charge in [-0.1, -0.05) is 6.07 Å². The second-order valence-electron chi connectivity index (χ2n) is 4.42. The molecule has 1 aromatic carbocycles. The summed E-state index contributed by atoms with van der Waals surface area (Å²) in [6, 6.07) is 4.68. The van der Waals surface area contributed by atoms with E-state index in [9.17, 15) is 21.6 Å². The quantitative estimate of drug-likeness (QED) is 0.908. The Labute approximate surface area is 110 Å². The SMILES string of the molecule is CC(C)S(=O)(=O)CCNc1cccc(C(F)(F)F)c1. The zero-order valence-electron chi connectivity index (χ0n) is 10.7. The number of sulfone groups is 1. The molecule has 0 saturated carbocycles. The topological polar surface area (TPSA) is 46.2 Å². The highest BCUT2D eigenvalue weighted by Gasteiger charge is 2.30. The minimum Gasteiger partial charge on any atom is -0.384 e. The van der Waals surface area contributed by atoms with Crippen molar-refractivity contribution in [3.63, 3.8) is 0 Å². The van der Waals surface area contributed by atoms with Crippen molar-refractivity contribution >= 4 is 15.5 Å². The second-order valence-corrected chi connectivity index (χ2v) is 7.10. The smallest absolute Gasteiger partial charge is 0.384 e. The number of nitrogens with one attached hydrogen (secondary N) is 1. The van der Waals surface area contributed by atoms with Crippen LogP contribution in [0.3, 0.4) is 0 Å². The van der Waals surface area contributed by atoms with Crippen LogP contribution in [0.4, 0.5) is 18.9 Å². The summed E-state index contributed by atoms with van der Waals surface area (Å²) < 4.78 is 60.4. The third-order valence-electron chi connectivity index (χ3n) is 2.62. The molecular formula is C12H16F3NO2S. The Balaban J connectivity index is 2.65. The Morgan fingerprint density at radius 1 is 1.26 bits per heavy atom. The van der Waals surface area contributed by atoms with E-state index in [0.717, 1.165) is 12.1 Å². The lowest BCUT2D eigenvalue weighted by atomic mass is 10.2. The minimum absolute atomic E-state index is 0.0851. The maximum atomic E-state index is 12.5. The molecule has 108 valence electrons. The highest BCUT2D eigenvalue weighted by atomic mass is 32.2. The highest BCUT2D eigenvalue weighted by Crippen LogP contribution is 2.30. The molecule has 1 rings (SSSR count). The molecule has 0 saturated heterocycles. The average Bonchev–Trinajstić information content (AvgIpc) is 2.28. The van der Waals surface area contributed by atoms with Gasteiger partial charge in [0.1, 0.15) is 0 Å². The van der Waals surface area contributed by atoms with Crippen LogP contribution in [-0.2, 0) is 16.0 Å². The number of halogens is 3. The maximum Gasteiger partial charge on any atom is 0.416 e. The molecule has 0 fully saturated rings. The molecule has 1 N–H and O–H groups in total. The molecular weight excluding hydrogens is 279 g/mol. The van der Waals surface area contributed by atoms with Crippen LogP contribution >= 0.6 is 0 Å². The zero-order chi connectivity index (χ0) is 14.7. The summed E-state index contributed by atoms with van der Waals surface area (Å²) in [5.74, 6) is -0.110. The van der Waals surface area contributed by atoms with Crippen LogP contribution in [0.15, 0.2) is 24.3 Å². The van der Waals surface area contributed by atoms with Crippen LogP contribution in [0.5, 0.6) is 0 Å². The van der Waals surface area contributed by atoms with Crippen LogP contribution in [0.1, 0.15) is 19.4 Å². The summed E-state index contributed by atoms with van der Waals surface area (Å²) in [4.78, 5) is 0. The van der Waals surface area contributed by atoms with Gasteiger partial charge in [0.25, 0.3) is 0 Å². The lowest BCUT2D eigenvalue weighted by Gasteiger charge is -2.11. The fraction of sp³-hybridized carbons (Fsp3) is 0.500. The van der Waals surface area contributed by atoms with Gasteiger partial charge in [-0.05, 0) is 32.0 Å². The summed E-state index contributed by atoms with van der Waals surface area (Å²) in [6.45, 7) is 3.22. The molecule has 7 heteroatoms. The number of anilines is 1. The van der Waals surface area contributed by atoms with Crippen LogP contribution in [0.2, 0.25) is 0 Å². The van der Waals surface area contributed by atoms with Crippen molar-refractivity contribution in [2.75, 3.05) is 17.6 Å². The third kappa shape index (κ3) is 4.74. The molecule has 0 amide bonds. The van der Waals surface area contributed by atoms with Gasteiger partial charge in [-0.3, -0.25) is 0 Å². The third-order valence-corrected chi connectivity index (χ3v) is 4.83. The van der Waals surface area contributed by atoms with Gasteiger partial charge in [0.05, 0.1) is 16.6 Å². The lowest BCUT2D eigenvalue weighted by Crippen LogP contribution is -2.23. The first kappa shape index (κ1) is 15.8. The molecule has 3 nitrogen and oxygen atoms in total. The predicted molar refractivity (Wildman–Crippen MR) is 68.9 cm³/mol. The van der Waals surface area contributed by atoms with Gasteiger partial charge in [0, 0.05) is 12.2 Å². The van der Waals surface area contributed by atoms with Crippen LogP contribution in [0.25, 0.3) is 0 Å². The predicted octanol–water partition coefficient (Wildman–Crippen LogP) is 2.94. The van der Waals surface area contributed by atoms with Gasteiger partial charge in [0.15, 0.2) is 9.84 Å². The number of alkyl halides is 3. The average molecular weight is 295 g/mol. The summed E-state index contributed by atoms with van der Waals surface area (Å²) >= 11 is 0. The van der Waals surface area contributed by atoms with E-state index < -0.39 is 26.8 Å². The van der Waals surface area contributed by atoms with Crippen LogP contribution < -0.4 is 5.32 Å². The van der Waals surface area contributed by atoms with Gasteiger partial charge in [0.2, 0.25) is 0 Å². The Morgan fingerprint density at radius 2 is 1.89 bits per heavy atom. The monoisotopic (exact) mass is 295 g/mol. The standard InChI is InChI=1S/C12H16F3NO2S/c1-9(2)19(17,18)7-6-16-11-5-3-4-10(8-11)12(13,14)15/h3-5,8-9,16H,6-7H2,1-2H3. The summed E-state index contributed by atoms with van der Waals surface area (Å²) in [7, 11) is -3.19. The first-order valence-corrected chi connectivity index (χ1v) is 7.47. The fourth-order valence-electron chi connectivity index (χ4n) is 1.38. The van der Waals surface area contributed by atoms with Gasteiger partial charge in [-0.15, -0.1) is 0 Å². The van der Waals surface area contributed by atoms with Crippen LogP contribution in [0, 0.1) is 0 Å². The molecule has 0 aliphatic rings. The Kier molecular flexibility index (Phi) is 4.84.